The highest BCUT2D eigenvalue weighted by molar-refractivity contribution is 5.53. The Bertz CT molecular complexity index is 1120. The summed E-state index contributed by atoms with van der Waals surface area (Å²) in [6, 6.07) is 13.7. The van der Waals surface area contributed by atoms with Crippen molar-refractivity contribution in [3.05, 3.63) is 94.3 Å². The quantitative estimate of drug-likeness (QED) is 0.648. The van der Waals surface area contributed by atoms with Crippen molar-refractivity contribution in [1.82, 2.24) is 4.98 Å². The van der Waals surface area contributed by atoms with E-state index in [1.165, 1.54) is 6.07 Å². The van der Waals surface area contributed by atoms with Gasteiger partial charge in [-0.25, -0.2) is 0 Å². The summed E-state index contributed by atoms with van der Waals surface area (Å²) in [5.41, 5.74) is 1.64. The average molecular weight is 392 g/mol. The molecule has 0 aliphatic heterocycles. The van der Waals surface area contributed by atoms with Crippen LogP contribution in [0.2, 0.25) is 0 Å². The lowest BCUT2D eigenvalue weighted by atomic mass is 9.98. The van der Waals surface area contributed by atoms with Gasteiger partial charge in [-0.3, -0.25) is 4.98 Å². The third-order valence-electron chi connectivity index (χ3n) is 4.31. The molecule has 1 aromatic heterocycles. The van der Waals surface area contributed by atoms with Gasteiger partial charge in [0.25, 0.3) is 0 Å². The number of hydrogen-bond acceptors (Lipinski definition) is 3. The third kappa shape index (κ3) is 5.15. The minimum absolute atomic E-state index is 0.222. The molecule has 0 unspecified atom stereocenters. The Morgan fingerprint density at radius 1 is 0.897 bits per heavy atom. The van der Waals surface area contributed by atoms with Gasteiger partial charge in [-0.1, -0.05) is 11.8 Å². The van der Waals surface area contributed by atoms with Crippen LogP contribution in [-0.4, -0.2) is 10.1 Å². The maximum Gasteiger partial charge on any atom is 0.417 e. The summed E-state index contributed by atoms with van der Waals surface area (Å²) in [6.07, 6.45) is -0.00157. The van der Waals surface area contributed by atoms with Gasteiger partial charge in [0.15, 0.2) is 0 Å². The molecule has 3 nitrogen and oxygen atoms in total. The van der Waals surface area contributed by atoms with E-state index >= 15 is 0 Å². The van der Waals surface area contributed by atoms with Crippen LogP contribution in [0, 0.1) is 23.2 Å². The van der Waals surface area contributed by atoms with E-state index in [9.17, 15) is 18.3 Å². The van der Waals surface area contributed by atoms with E-state index < -0.39 is 17.5 Å². The van der Waals surface area contributed by atoms with Crippen molar-refractivity contribution in [2.75, 3.05) is 0 Å². The van der Waals surface area contributed by atoms with E-state index in [2.05, 4.69) is 22.9 Å². The lowest BCUT2D eigenvalue weighted by Gasteiger charge is -2.09. The van der Waals surface area contributed by atoms with Gasteiger partial charge in [-0.15, -0.1) is 0 Å². The molecule has 144 valence electrons. The second-order valence-corrected chi connectivity index (χ2v) is 6.32. The summed E-state index contributed by atoms with van der Waals surface area (Å²) >= 11 is 0. The van der Waals surface area contributed by atoms with Gasteiger partial charge in [0, 0.05) is 23.5 Å². The average Bonchev–Trinajstić information content (AvgIpc) is 2.71. The number of aryl methyl sites for hydroxylation is 2. The van der Waals surface area contributed by atoms with Crippen molar-refractivity contribution in [2.45, 2.75) is 19.0 Å². The molecule has 3 aromatic rings. The first-order valence-electron chi connectivity index (χ1n) is 8.71. The highest BCUT2D eigenvalue weighted by Gasteiger charge is 2.33. The molecule has 6 heteroatoms. The van der Waals surface area contributed by atoms with Crippen molar-refractivity contribution < 1.29 is 18.3 Å². The minimum Gasteiger partial charge on any atom is -0.508 e. The molecular weight excluding hydrogens is 377 g/mol. The van der Waals surface area contributed by atoms with Crippen molar-refractivity contribution in [3.63, 3.8) is 0 Å². The van der Waals surface area contributed by atoms with E-state index in [-0.39, 0.29) is 5.56 Å². The Balaban J connectivity index is 1.96. The number of aromatic nitrogens is 1. The van der Waals surface area contributed by atoms with Crippen molar-refractivity contribution in [1.29, 1.82) is 5.26 Å². The van der Waals surface area contributed by atoms with Crippen LogP contribution in [0.3, 0.4) is 0 Å². The third-order valence-corrected chi connectivity index (χ3v) is 4.31. The van der Waals surface area contributed by atoms with Gasteiger partial charge in [0.2, 0.25) is 0 Å². The predicted octanol–water partition coefficient (Wildman–Crippen LogP) is 4.86. The molecule has 0 bridgehead atoms. The van der Waals surface area contributed by atoms with Crippen molar-refractivity contribution >= 4 is 0 Å². The molecule has 0 saturated heterocycles. The molecule has 0 spiro atoms. The van der Waals surface area contributed by atoms with Crippen LogP contribution in [0.15, 0.2) is 60.9 Å². The lowest BCUT2D eigenvalue weighted by Crippen LogP contribution is -2.07. The molecule has 0 aliphatic carbocycles. The standard InChI is InChI=1S/C23H15F3N2O/c24-23(25,26)22-14-21(29)8-7-19(22)6-5-18-3-2-17(15-27)13-20(18)4-1-16-9-11-28-12-10-16/h2-3,7-14,29H,1,4H2. The van der Waals surface area contributed by atoms with E-state index in [1.54, 1.807) is 30.6 Å². The largest absolute Gasteiger partial charge is 0.508 e. The van der Waals surface area contributed by atoms with E-state index in [0.29, 0.717) is 30.0 Å². The highest BCUT2D eigenvalue weighted by Crippen LogP contribution is 2.33. The Morgan fingerprint density at radius 3 is 2.28 bits per heavy atom. The number of halogens is 3. The maximum absolute atomic E-state index is 13.2. The summed E-state index contributed by atoms with van der Waals surface area (Å²) in [5.74, 6) is 4.89. The number of phenols is 1. The minimum atomic E-state index is -4.63. The molecule has 0 radical (unpaired) electrons. The van der Waals surface area contributed by atoms with Gasteiger partial charge >= 0.3 is 6.18 Å². The first-order valence-corrected chi connectivity index (χ1v) is 8.71. The van der Waals surface area contributed by atoms with E-state index in [4.69, 9.17) is 5.26 Å². The van der Waals surface area contributed by atoms with Gasteiger partial charge in [0.05, 0.1) is 17.2 Å². The van der Waals surface area contributed by atoms with Crippen LogP contribution in [0.5, 0.6) is 5.75 Å². The Hall–Kier alpha value is -3.77. The molecule has 1 heterocycles. The van der Waals surface area contributed by atoms with Crippen LogP contribution in [0.1, 0.15) is 33.4 Å². The van der Waals surface area contributed by atoms with E-state index in [1.807, 2.05) is 12.1 Å². The number of nitriles is 1. The van der Waals surface area contributed by atoms with Gasteiger partial charge < -0.3 is 5.11 Å². The van der Waals surface area contributed by atoms with Crippen molar-refractivity contribution in [2.24, 2.45) is 0 Å². The first kappa shape index (κ1) is 20.0. The second-order valence-electron chi connectivity index (χ2n) is 6.32. The van der Waals surface area contributed by atoms with Crippen LogP contribution in [0.4, 0.5) is 13.2 Å². The molecule has 3 rings (SSSR count). The number of aromatic hydroxyl groups is 1. The number of phenolic OH excluding ortho intramolecular Hbond substituents is 1. The summed E-state index contributed by atoms with van der Waals surface area (Å²) in [6.45, 7) is 0. The van der Waals surface area contributed by atoms with Gasteiger partial charge in [-0.2, -0.15) is 18.4 Å². The molecule has 0 amide bonds. The summed E-state index contributed by atoms with van der Waals surface area (Å²) < 4.78 is 39.7. The molecule has 1 N–H and O–H groups in total. The maximum atomic E-state index is 13.2. The lowest BCUT2D eigenvalue weighted by molar-refractivity contribution is -0.137. The SMILES string of the molecule is N#Cc1ccc(C#Cc2ccc(O)cc2C(F)(F)F)c(CCc2ccncc2)c1. The number of pyridine rings is 1. The second kappa shape index (κ2) is 8.50. The molecule has 2 aromatic carbocycles. The zero-order valence-corrected chi connectivity index (χ0v) is 15.2. The van der Waals surface area contributed by atoms with Crippen molar-refractivity contribution in [3.8, 4) is 23.7 Å². The number of nitrogens with zero attached hydrogens (tertiary/aromatic N) is 2. The predicted molar refractivity (Wildman–Crippen MR) is 102 cm³/mol. The van der Waals surface area contributed by atoms with Gasteiger partial charge in [0.1, 0.15) is 5.75 Å². The monoisotopic (exact) mass is 392 g/mol. The molecule has 0 saturated carbocycles. The highest BCUT2D eigenvalue weighted by atomic mass is 19.4. The van der Waals surface area contributed by atoms with Crippen LogP contribution in [0.25, 0.3) is 0 Å². The Morgan fingerprint density at radius 2 is 1.59 bits per heavy atom. The summed E-state index contributed by atoms with van der Waals surface area (Å²) in [4.78, 5) is 3.97. The fourth-order valence-electron chi connectivity index (χ4n) is 2.83. The summed E-state index contributed by atoms with van der Waals surface area (Å²) in [5, 5.41) is 18.5. The van der Waals surface area contributed by atoms with E-state index in [0.717, 1.165) is 17.2 Å². The Labute approximate surface area is 166 Å². The zero-order valence-electron chi connectivity index (χ0n) is 15.2. The number of benzene rings is 2. The fourth-order valence-corrected chi connectivity index (χ4v) is 2.83. The van der Waals surface area contributed by atoms with Crippen LogP contribution < -0.4 is 0 Å². The molecule has 0 atom stereocenters. The molecular formula is C23H15F3N2O. The number of hydrogen-bond donors (Lipinski definition) is 1. The first-order chi connectivity index (χ1) is 13.9. The normalized spacial score (nSPS) is 10.7. The molecule has 0 fully saturated rings. The fraction of sp³-hybridized carbons (Fsp3) is 0.130. The van der Waals surface area contributed by atoms with Crippen LogP contribution in [-0.2, 0) is 19.0 Å². The summed E-state index contributed by atoms with van der Waals surface area (Å²) in [7, 11) is 0. The van der Waals surface area contributed by atoms with Crippen LogP contribution >= 0.6 is 0 Å². The number of alkyl halides is 3. The zero-order chi connectivity index (χ0) is 20.9. The Kier molecular flexibility index (Phi) is 5.85. The number of rotatable bonds is 3. The molecule has 29 heavy (non-hydrogen) atoms. The molecule has 0 aliphatic rings. The topological polar surface area (TPSA) is 56.9 Å². The van der Waals surface area contributed by atoms with Gasteiger partial charge in [-0.05, 0) is 72.5 Å². The smallest absolute Gasteiger partial charge is 0.417 e.